The summed E-state index contributed by atoms with van der Waals surface area (Å²) in [5.41, 5.74) is 0.330. The number of pyridine rings is 1. The quantitative estimate of drug-likeness (QED) is 0.844. The number of aromatic carboxylic acids is 1. The summed E-state index contributed by atoms with van der Waals surface area (Å²) < 4.78 is 17.0. The smallest absolute Gasteiger partial charge is 0.341 e. The summed E-state index contributed by atoms with van der Waals surface area (Å²) in [7, 11) is 0. The van der Waals surface area contributed by atoms with Crippen molar-refractivity contribution in [3.63, 3.8) is 0 Å². The van der Waals surface area contributed by atoms with Gasteiger partial charge in [-0.2, -0.15) is 0 Å². The van der Waals surface area contributed by atoms with E-state index in [0.29, 0.717) is 36.3 Å². The van der Waals surface area contributed by atoms with Crippen molar-refractivity contribution in [1.29, 1.82) is 0 Å². The molecule has 1 saturated heterocycles. The van der Waals surface area contributed by atoms with E-state index in [4.69, 9.17) is 0 Å². The molecule has 1 saturated carbocycles. The van der Waals surface area contributed by atoms with Gasteiger partial charge in [0.05, 0.1) is 17.3 Å². The zero-order valence-corrected chi connectivity index (χ0v) is 16.3. The Morgan fingerprint density at radius 3 is 2.54 bits per heavy atom. The number of hydrogen-bond acceptors (Lipinski definition) is 4. The van der Waals surface area contributed by atoms with Crippen LogP contribution in [0.15, 0.2) is 17.1 Å². The molecule has 1 aliphatic heterocycles. The molecule has 7 heteroatoms. The largest absolute Gasteiger partial charge is 0.477 e. The number of halogens is 1. The SMILES string of the molecule is Cc1c(N2CCC(O)C(C)(C)C2)c(F)cc2c(=O)c(C(=O)O)cn(C3CC3)c12. The summed E-state index contributed by atoms with van der Waals surface area (Å²) in [6, 6.07) is 1.32. The molecule has 0 spiro atoms. The minimum absolute atomic E-state index is 0.113. The number of aromatic nitrogens is 1. The Morgan fingerprint density at radius 1 is 1.29 bits per heavy atom. The first kappa shape index (κ1) is 18.9. The summed E-state index contributed by atoms with van der Waals surface area (Å²) in [6.07, 6.45) is 3.31. The maximum absolute atomic E-state index is 15.2. The molecule has 1 unspecified atom stereocenters. The lowest BCUT2D eigenvalue weighted by atomic mass is 9.81. The van der Waals surface area contributed by atoms with E-state index in [1.54, 1.807) is 6.92 Å². The Hall–Kier alpha value is -2.41. The van der Waals surface area contributed by atoms with Gasteiger partial charge in [-0.1, -0.05) is 13.8 Å². The summed E-state index contributed by atoms with van der Waals surface area (Å²) in [5, 5.41) is 19.7. The van der Waals surface area contributed by atoms with Crippen LogP contribution in [-0.4, -0.2) is 39.9 Å². The Balaban J connectivity index is 1.96. The molecular formula is C21H25FN2O4. The first-order valence-electron chi connectivity index (χ1n) is 9.66. The maximum atomic E-state index is 15.2. The Labute approximate surface area is 162 Å². The first-order chi connectivity index (χ1) is 13.1. The number of fused-ring (bicyclic) bond motifs is 1. The van der Waals surface area contributed by atoms with Gasteiger partial charge in [0.15, 0.2) is 0 Å². The maximum Gasteiger partial charge on any atom is 0.341 e. The van der Waals surface area contributed by atoms with E-state index in [9.17, 15) is 19.8 Å². The molecule has 150 valence electrons. The van der Waals surface area contributed by atoms with E-state index < -0.39 is 23.3 Å². The summed E-state index contributed by atoms with van der Waals surface area (Å²) in [4.78, 5) is 26.1. The third-order valence-corrected chi connectivity index (χ3v) is 6.14. The lowest BCUT2D eigenvalue weighted by Crippen LogP contribution is -2.49. The van der Waals surface area contributed by atoms with Gasteiger partial charge in [0.25, 0.3) is 0 Å². The number of aryl methyl sites for hydroxylation is 1. The van der Waals surface area contributed by atoms with Crippen LogP contribution in [0.3, 0.4) is 0 Å². The molecule has 0 bridgehead atoms. The van der Waals surface area contributed by atoms with Gasteiger partial charge in [0.1, 0.15) is 11.4 Å². The van der Waals surface area contributed by atoms with Crippen molar-refractivity contribution in [2.24, 2.45) is 5.41 Å². The van der Waals surface area contributed by atoms with E-state index >= 15 is 4.39 Å². The zero-order chi connectivity index (χ0) is 20.4. The highest BCUT2D eigenvalue weighted by Gasteiger charge is 2.37. The predicted octanol–water partition coefficient (Wildman–Crippen LogP) is 3.08. The van der Waals surface area contributed by atoms with Crippen molar-refractivity contribution < 1.29 is 19.4 Å². The van der Waals surface area contributed by atoms with Crippen LogP contribution in [0.1, 0.15) is 55.1 Å². The molecule has 2 aromatic rings. The third kappa shape index (κ3) is 2.89. The first-order valence-corrected chi connectivity index (χ1v) is 9.66. The molecule has 1 atom stereocenters. The van der Waals surface area contributed by atoms with Crippen molar-refractivity contribution in [2.45, 2.75) is 52.2 Å². The number of aliphatic hydroxyl groups is 1. The summed E-state index contributed by atoms with van der Waals surface area (Å²) in [6.45, 7) is 6.72. The van der Waals surface area contributed by atoms with Crippen LogP contribution in [0.4, 0.5) is 10.1 Å². The number of anilines is 1. The number of carbonyl (C=O) groups is 1. The van der Waals surface area contributed by atoms with Crippen LogP contribution < -0.4 is 10.3 Å². The van der Waals surface area contributed by atoms with Gasteiger partial charge in [0, 0.05) is 36.1 Å². The number of benzene rings is 1. The molecule has 1 aromatic heterocycles. The van der Waals surface area contributed by atoms with E-state index in [1.807, 2.05) is 23.3 Å². The van der Waals surface area contributed by atoms with E-state index in [1.165, 1.54) is 12.3 Å². The average molecular weight is 388 g/mol. The molecule has 0 amide bonds. The molecule has 2 heterocycles. The van der Waals surface area contributed by atoms with Crippen LogP contribution in [0.5, 0.6) is 0 Å². The van der Waals surface area contributed by atoms with Crippen LogP contribution in [-0.2, 0) is 0 Å². The molecular weight excluding hydrogens is 363 g/mol. The van der Waals surface area contributed by atoms with E-state index in [0.717, 1.165) is 12.8 Å². The van der Waals surface area contributed by atoms with Crippen LogP contribution >= 0.6 is 0 Å². The number of carboxylic acids is 1. The molecule has 1 aliphatic carbocycles. The van der Waals surface area contributed by atoms with Gasteiger partial charge in [-0.05, 0) is 37.8 Å². The van der Waals surface area contributed by atoms with Gasteiger partial charge in [-0.15, -0.1) is 0 Å². The Morgan fingerprint density at radius 2 is 1.96 bits per heavy atom. The number of carboxylic acid groups (broad SMARTS) is 1. The van der Waals surface area contributed by atoms with Gasteiger partial charge >= 0.3 is 5.97 Å². The van der Waals surface area contributed by atoms with E-state index in [2.05, 4.69) is 0 Å². The Kier molecular flexibility index (Phi) is 4.26. The van der Waals surface area contributed by atoms with Gasteiger partial charge in [-0.3, -0.25) is 4.79 Å². The predicted molar refractivity (Wildman–Crippen MR) is 105 cm³/mol. The minimum Gasteiger partial charge on any atom is -0.477 e. The molecule has 2 N–H and O–H groups in total. The summed E-state index contributed by atoms with van der Waals surface area (Å²) >= 11 is 0. The van der Waals surface area contributed by atoms with Crippen molar-refractivity contribution in [3.8, 4) is 0 Å². The van der Waals surface area contributed by atoms with E-state index in [-0.39, 0.29) is 22.4 Å². The van der Waals surface area contributed by atoms with Crippen molar-refractivity contribution in [3.05, 3.63) is 39.4 Å². The van der Waals surface area contributed by atoms with Gasteiger partial charge in [0.2, 0.25) is 5.43 Å². The molecule has 6 nitrogen and oxygen atoms in total. The highest BCUT2D eigenvalue weighted by atomic mass is 19.1. The Bertz CT molecular complexity index is 1040. The molecule has 2 fully saturated rings. The second kappa shape index (κ2) is 6.30. The lowest BCUT2D eigenvalue weighted by Gasteiger charge is -2.43. The summed E-state index contributed by atoms with van der Waals surface area (Å²) in [5.74, 6) is -1.82. The molecule has 2 aliphatic rings. The molecule has 1 aromatic carbocycles. The number of piperidine rings is 1. The van der Waals surface area contributed by atoms with Crippen molar-refractivity contribution >= 4 is 22.6 Å². The van der Waals surface area contributed by atoms with Gasteiger partial charge in [-0.25, -0.2) is 9.18 Å². The van der Waals surface area contributed by atoms with Crippen molar-refractivity contribution in [1.82, 2.24) is 4.57 Å². The van der Waals surface area contributed by atoms with Crippen LogP contribution in [0.2, 0.25) is 0 Å². The number of rotatable bonds is 3. The topological polar surface area (TPSA) is 82.8 Å². The molecule has 28 heavy (non-hydrogen) atoms. The van der Waals surface area contributed by atoms with Crippen molar-refractivity contribution in [2.75, 3.05) is 18.0 Å². The average Bonchev–Trinajstić information content (AvgIpc) is 3.43. The number of hydrogen-bond donors (Lipinski definition) is 2. The lowest BCUT2D eigenvalue weighted by molar-refractivity contribution is 0.0334. The standard InChI is InChI=1S/C21H25FN2O4/c1-11-17-13(19(26)14(20(27)28)9-24(17)12-4-5-12)8-15(22)18(11)23-7-6-16(25)21(2,3)10-23/h8-9,12,16,25H,4-7,10H2,1-3H3,(H,27,28). The second-order valence-corrected chi connectivity index (χ2v) is 8.76. The normalized spacial score (nSPS) is 21.9. The van der Waals surface area contributed by atoms with Gasteiger partial charge < -0.3 is 19.7 Å². The number of nitrogens with zero attached hydrogens (tertiary/aromatic N) is 2. The fourth-order valence-corrected chi connectivity index (χ4v) is 4.39. The fraction of sp³-hybridized carbons (Fsp3) is 0.524. The van der Waals surface area contributed by atoms with Crippen LogP contribution in [0, 0.1) is 18.2 Å². The zero-order valence-electron chi connectivity index (χ0n) is 16.3. The fourth-order valence-electron chi connectivity index (χ4n) is 4.39. The minimum atomic E-state index is -1.30. The monoisotopic (exact) mass is 388 g/mol. The number of aliphatic hydroxyl groups excluding tert-OH is 1. The molecule has 4 rings (SSSR count). The van der Waals surface area contributed by atoms with Crippen LogP contribution in [0.25, 0.3) is 10.9 Å². The highest BCUT2D eigenvalue weighted by molar-refractivity contribution is 5.95. The third-order valence-electron chi connectivity index (χ3n) is 6.14. The second-order valence-electron chi connectivity index (χ2n) is 8.76. The highest BCUT2D eigenvalue weighted by Crippen LogP contribution is 2.41. The molecule has 0 radical (unpaired) electrons.